The first-order chi connectivity index (χ1) is 18.3. The number of carbonyl (C=O) groups excluding carboxylic acids is 1. The van der Waals surface area contributed by atoms with Gasteiger partial charge in [-0.15, -0.1) is 0 Å². The van der Waals surface area contributed by atoms with Crippen LogP contribution in [0.15, 0.2) is 108 Å². The maximum Gasteiger partial charge on any atom is 0.264 e. The standard InChI is InChI=1S/C31H32N2O4S/c1-4-37-27-18-16-26(17-19-27)24(3)32-31(34)29-12-8-9-13-30(29)33(22-25-10-6-5-7-11-25)38(35,36)28-20-14-23(2)15-21-28/h5-21,24H,4,22H2,1-3H3,(H,32,34)/t24-/m1/s1. The minimum Gasteiger partial charge on any atom is -0.494 e. The molecule has 0 heterocycles. The van der Waals surface area contributed by atoms with Crippen LogP contribution in [0.1, 0.15) is 46.9 Å². The molecule has 38 heavy (non-hydrogen) atoms. The van der Waals surface area contributed by atoms with E-state index in [2.05, 4.69) is 5.32 Å². The van der Waals surface area contributed by atoms with Crippen molar-refractivity contribution in [3.63, 3.8) is 0 Å². The second kappa shape index (κ2) is 12.0. The fourth-order valence-corrected chi connectivity index (χ4v) is 5.62. The van der Waals surface area contributed by atoms with Crippen LogP contribution >= 0.6 is 0 Å². The van der Waals surface area contributed by atoms with Crippen molar-refractivity contribution < 1.29 is 17.9 Å². The second-order valence-corrected chi connectivity index (χ2v) is 10.9. The van der Waals surface area contributed by atoms with Crippen LogP contribution in [-0.2, 0) is 16.6 Å². The van der Waals surface area contributed by atoms with Crippen molar-refractivity contribution in [3.05, 3.63) is 125 Å². The maximum absolute atomic E-state index is 13.9. The molecule has 0 aliphatic rings. The van der Waals surface area contributed by atoms with E-state index in [1.165, 1.54) is 4.31 Å². The quantitative estimate of drug-likeness (QED) is 0.263. The van der Waals surface area contributed by atoms with Gasteiger partial charge in [-0.1, -0.05) is 72.3 Å². The van der Waals surface area contributed by atoms with Crippen molar-refractivity contribution in [1.82, 2.24) is 5.32 Å². The molecular weight excluding hydrogens is 496 g/mol. The normalized spacial score (nSPS) is 12.0. The van der Waals surface area contributed by atoms with E-state index < -0.39 is 10.0 Å². The van der Waals surface area contributed by atoms with Gasteiger partial charge in [0.25, 0.3) is 15.9 Å². The van der Waals surface area contributed by atoms with E-state index in [4.69, 9.17) is 4.74 Å². The van der Waals surface area contributed by atoms with Gasteiger partial charge in [0.1, 0.15) is 5.75 Å². The highest BCUT2D eigenvalue weighted by Crippen LogP contribution is 2.30. The average molecular weight is 529 g/mol. The lowest BCUT2D eigenvalue weighted by molar-refractivity contribution is 0.0940. The summed E-state index contributed by atoms with van der Waals surface area (Å²) < 4.78 is 34.7. The summed E-state index contributed by atoms with van der Waals surface area (Å²) in [6.07, 6.45) is 0. The smallest absolute Gasteiger partial charge is 0.264 e. The molecule has 1 atom stereocenters. The molecule has 0 saturated carbocycles. The Hall–Kier alpha value is -4.10. The zero-order valence-electron chi connectivity index (χ0n) is 21.8. The predicted octanol–water partition coefficient (Wildman–Crippen LogP) is 6.28. The highest BCUT2D eigenvalue weighted by atomic mass is 32.2. The first-order valence-electron chi connectivity index (χ1n) is 12.6. The molecule has 4 aromatic rings. The summed E-state index contributed by atoms with van der Waals surface area (Å²) in [5.74, 6) is 0.400. The topological polar surface area (TPSA) is 75.7 Å². The van der Waals surface area contributed by atoms with Crippen molar-refractivity contribution in [2.75, 3.05) is 10.9 Å². The van der Waals surface area contributed by atoms with Crippen LogP contribution < -0.4 is 14.4 Å². The second-order valence-electron chi connectivity index (χ2n) is 9.02. The Bertz CT molecular complexity index is 1470. The zero-order valence-corrected chi connectivity index (χ0v) is 22.6. The molecule has 0 bridgehead atoms. The Morgan fingerprint density at radius 2 is 1.50 bits per heavy atom. The van der Waals surface area contributed by atoms with E-state index in [9.17, 15) is 13.2 Å². The molecule has 4 rings (SSSR count). The van der Waals surface area contributed by atoms with Gasteiger partial charge in [-0.25, -0.2) is 8.42 Å². The number of rotatable bonds is 10. The number of aryl methyl sites for hydroxylation is 1. The SMILES string of the molecule is CCOc1ccc([C@@H](C)NC(=O)c2ccccc2N(Cc2ccccc2)S(=O)(=O)c2ccc(C)cc2)cc1. The molecule has 0 aromatic heterocycles. The fraction of sp³-hybridized carbons (Fsp3) is 0.194. The third-order valence-corrected chi connectivity index (χ3v) is 8.01. The van der Waals surface area contributed by atoms with E-state index in [1.807, 2.05) is 75.4 Å². The Balaban J connectivity index is 1.69. The van der Waals surface area contributed by atoms with E-state index in [-0.39, 0.29) is 29.0 Å². The molecule has 0 spiro atoms. The van der Waals surface area contributed by atoms with Crippen LogP contribution in [0.3, 0.4) is 0 Å². The molecule has 1 N–H and O–H groups in total. The lowest BCUT2D eigenvalue weighted by atomic mass is 10.1. The number of ether oxygens (including phenoxy) is 1. The maximum atomic E-state index is 13.9. The lowest BCUT2D eigenvalue weighted by Crippen LogP contribution is -2.34. The van der Waals surface area contributed by atoms with E-state index in [1.54, 1.807) is 48.5 Å². The summed E-state index contributed by atoms with van der Waals surface area (Å²) in [5, 5.41) is 3.02. The minimum absolute atomic E-state index is 0.0792. The van der Waals surface area contributed by atoms with Crippen LogP contribution in [0, 0.1) is 6.92 Å². The Morgan fingerprint density at radius 3 is 2.16 bits per heavy atom. The Kier molecular flexibility index (Phi) is 8.48. The largest absolute Gasteiger partial charge is 0.494 e. The number of carbonyl (C=O) groups is 1. The Labute approximate surface area is 225 Å². The summed E-state index contributed by atoms with van der Waals surface area (Å²) in [6, 6.07) is 30.1. The molecule has 196 valence electrons. The fourth-order valence-electron chi connectivity index (χ4n) is 4.15. The number of sulfonamides is 1. The van der Waals surface area contributed by atoms with Gasteiger partial charge < -0.3 is 10.1 Å². The number of benzene rings is 4. The summed E-state index contributed by atoms with van der Waals surface area (Å²) in [6.45, 7) is 6.38. The molecule has 4 aromatic carbocycles. The monoisotopic (exact) mass is 528 g/mol. The number of nitrogens with one attached hydrogen (secondary N) is 1. The molecule has 6 nitrogen and oxygen atoms in total. The van der Waals surface area contributed by atoms with Crippen LogP contribution in [0.2, 0.25) is 0 Å². The molecule has 0 unspecified atom stereocenters. The first kappa shape index (κ1) is 26.9. The van der Waals surface area contributed by atoms with Crippen LogP contribution in [0.4, 0.5) is 5.69 Å². The van der Waals surface area contributed by atoms with Gasteiger partial charge in [0, 0.05) is 0 Å². The number of amides is 1. The van der Waals surface area contributed by atoms with Crippen molar-refractivity contribution in [2.24, 2.45) is 0 Å². The van der Waals surface area contributed by atoms with Crippen molar-refractivity contribution in [2.45, 2.75) is 38.3 Å². The third kappa shape index (κ3) is 6.23. The Morgan fingerprint density at radius 1 is 0.868 bits per heavy atom. The summed E-state index contributed by atoms with van der Waals surface area (Å²) in [5.41, 5.74) is 3.26. The molecule has 7 heteroatoms. The molecule has 0 radical (unpaired) electrons. The summed E-state index contributed by atoms with van der Waals surface area (Å²) in [4.78, 5) is 13.7. The van der Waals surface area contributed by atoms with Crippen molar-refractivity contribution >= 4 is 21.6 Å². The first-order valence-corrected chi connectivity index (χ1v) is 14.0. The number of hydrogen-bond acceptors (Lipinski definition) is 4. The molecule has 0 fully saturated rings. The molecular formula is C31H32N2O4S. The predicted molar refractivity (Wildman–Crippen MR) is 151 cm³/mol. The van der Waals surface area contributed by atoms with Crippen molar-refractivity contribution in [1.29, 1.82) is 0 Å². The lowest BCUT2D eigenvalue weighted by Gasteiger charge is -2.27. The van der Waals surface area contributed by atoms with E-state index >= 15 is 0 Å². The van der Waals surface area contributed by atoms with Gasteiger partial charge >= 0.3 is 0 Å². The van der Waals surface area contributed by atoms with Crippen LogP contribution in [-0.4, -0.2) is 20.9 Å². The molecule has 0 aliphatic heterocycles. The van der Waals surface area contributed by atoms with Gasteiger partial charge in [0.15, 0.2) is 0 Å². The van der Waals surface area contributed by atoms with Gasteiger partial charge in [-0.3, -0.25) is 9.10 Å². The van der Waals surface area contributed by atoms with Gasteiger partial charge in [-0.05, 0) is 68.3 Å². The molecule has 0 aliphatic carbocycles. The zero-order chi connectivity index (χ0) is 27.1. The highest BCUT2D eigenvalue weighted by molar-refractivity contribution is 7.92. The number of anilines is 1. The van der Waals surface area contributed by atoms with Crippen LogP contribution in [0.5, 0.6) is 5.75 Å². The summed E-state index contributed by atoms with van der Waals surface area (Å²) >= 11 is 0. The highest BCUT2D eigenvalue weighted by Gasteiger charge is 2.29. The van der Waals surface area contributed by atoms with Gasteiger partial charge in [0.05, 0.1) is 35.3 Å². The number of hydrogen-bond donors (Lipinski definition) is 1. The minimum atomic E-state index is -3.98. The van der Waals surface area contributed by atoms with E-state index in [0.717, 1.165) is 22.4 Å². The third-order valence-electron chi connectivity index (χ3n) is 6.23. The number of para-hydroxylation sites is 1. The molecule has 0 saturated heterocycles. The average Bonchev–Trinajstić information content (AvgIpc) is 2.93. The molecule has 1 amide bonds. The van der Waals surface area contributed by atoms with Crippen molar-refractivity contribution in [3.8, 4) is 5.75 Å². The summed E-state index contributed by atoms with van der Waals surface area (Å²) in [7, 11) is -3.98. The van der Waals surface area contributed by atoms with E-state index in [0.29, 0.717) is 12.3 Å². The number of nitrogens with zero attached hydrogens (tertiary/aromatic N) is 1. The van der Waals surface area contributed by atoms with Crippen LogP contribution in [0.25, 0.3) is 0 Å². The van der Waals surface area contributed by atoms with Gasteiger partial charge in [0.2, 0.25) is 0 Å². The van der Waals surface area contributed by atoms with Gasteiger partial charge in [-0.2, -0.15) is 0 Å².